The first kappa shape index (κ1) is 11.7. The number of rotatable bonds is 2. The van der Waals surface area contributed by atoms with Crippen molar-refractivity contribution in [3.8, 4) is 0 Å². The highest BCUT2D eigenvalue weighted by Gasteiger charge is 2.36. The Kier molecular flexibility index (Phi) is 3.37. The van der Waals surface area contributed by atoms with Crippen LogP contribution in [0.4, 0.5) is 0 Å². The van der Waals surface area contributed by atoms with Crippen LogP contribution in [-0.2, 0) is 6.42 Å². The maximum atomic E-state index is 2.49. The monoisotopic (exact) mass is 216 g/mol. The van der Waals surface area contributed by atoms with Crippen molar-refractivity contribution in [2.75, 3.05) is 0 Å². The van der Waals surface area contributed by atoms with E-state index in [2.05, 4.69) is 51.1 Å². The highest BCUT2D eigenvalue weighted by atomic mass is 14.4. The zero-order valence-corrected chi connectivity index (χ0v) is 10.9. The van der Waals surface area contributed by atoms with Crippen molar-refractivity contribution in [3.05, 3.63) is 35.9 Å². The second-order valence-electron chi connectivity index (χ2n) is 6.10. The first-order valence-corrected chi connectivity index (χ1v) is 6.64. The average Bonchev–Trinajstić information content (AvgIpc) is 2.25. The zero-order chi connectivity index (χ0) is 11.6. The Bertz CT molecular complexity index is 327. The van der Waals surface area contributed by atoms with Gasteiger partial charge in [0.05, 0.1) is 0 Å². The van der Waals surface area contributed by atoms with E-state index in [-0.39, 0.29) is 0 Å². The summed E-state index contributed by atoms with van der Waals surface area (Å²) in [4.78, 5) is 0. The molecule has 0 heteroatoms. The summed E-state index contributed by atoms with van der Waals surface area (Å²) >= 11 is 0. The van der Waals surface area contributed by atoms with Gasteiger partial charge in [0.15, 0.2) is 0 Å². The quantitative estimate of drug-likeness (QED) is 0.672. The summed E-state index contributed by atoms with van der Waals surface area (Å²) < 4.78 is 0. The van der Waals surface area contributed by atoms with E-state index in [1.807, 2.05) is 0 Å². The van der Waals surface area contributed by atoms with Gasteiger partial charge in [-0.25, -0.2) is 0 Å². The molecule has 1 saturated carbocycles. The van der Waals surface area contributed by atoms with Gasteiger partial charge in [-0.1, -0.05) is 57.5 Å². The van der Waals surface area contributed by atoms with Crippen LogP contribution in [0.25, 0.3) is 0 Å². The van der Waals surface area contributed by atoms with Crippen molar-refractivity contribution in [1.29, 1.82) is 0 Å². The molecule has 3 atom stereocenters. The molecule has 0 nitrogen and oxygen atoms in total. The Morgan fingerprint density at radius 2 is 1.81 bits per heavy atom. The smallest absolute Gasteiger partial charge is 0.0222 e. The molecule has 0 heterocycles. The van der Waals surface area contributed by atoms with E-state index in [1.54, 1.807) is 0 Å². The van der Waals surface area contributed by atoms with Crippen molar-refractivity contribution < 1.29 is 0 Å². The molecule has 0 amide bonds. The SMILES string of the molecule is CC1CCC(C)C(C)(Cc2ccccc2)C1. The summed E-state index contributed by atoms with van der Waals surface area (Å²) in [6.07, 6.45) is 5.47. The van der Waals surface area contributed by atoms with Crippen LogP contribution in [0.3, 0.4) is 0 Å². The second-order valence-corrected chi connectivity index (χ2v) is 6.10. The summed E-state index contributed by atoms with van der Waals surface area (Å²) in [6.45, 7) is 7.34. The molecule has 16 heavy (non-hydrogen) atoms. The van der Waals surface area contributed by atoms with E-state index in [9.17, 15) is 0 Å². The summed E-state index contributed by atoms with van der Waals surface area (Å²) in [5.41, 5.74) is 2.02. The van der Waals surface area contributed by atoms with Crippen molar-refractivity contribution in [1.82, 2.24) is 0 Å². The number of hydrogen-bond acceptors (Lipinski definition) is 0. The Morgan fingerprint density at radius 3 is 2.50 bits per heavy atom. The van der Waals surface area contributed by atoms with Crippen LogP contribution in [0.1, 0.15) is 45.6 Å². The van der Waals surface area contributed by atoms with Gasteiger partial charge in [-0.05, 0) is 42.1 Å². The summed E-state index contributed by atoms with van der Waals surface area (Å²) in [7, 11) is 0. The highest BCUT2D eigenvalue weighted by molar-refractivity contribution is 5.17. The Labute approximate surface area is 100 Å². The fourth-order valence-corrected chi connectivity index (χ4v) is 3.29. The third kappa shape index (κ3) is 2.48. The van der Waals surface area contributed by atoms with Gasteiger partial charge < -0.3 is 0 Å². The van der Waals surface area contributed by atoms with E-state index >= 15 is 0 Å². The van der Waals surface area contributed by atoms with Crippen LogP contribution in [-0.4, -0.2) is 0 Å². The van der Waals surface area contributed by atoms with Gasteiger partial charge >= 0.3 is 0 Å². The molecular formula is C16H24. The first-order chi connectivity index (χ1) is 7.60. The van der Waals surface area contributed by atoms with Crippen LogP contribution in [0, 0.1) is 17.3 Å². The minimum Gasteiger partial charge on any atom is -0.0625 e. The van der Waals surface area contributed by atoms with Gasteiger partial charge in [-0.2, -0.15) is 0 Å². The third-order valence-corrected chi connectivity index (χ3v) is 4.55. The molecule has 0 saturated heterocycles. The molecule has 0 bridgehead atoms. The predicted molar refractivity (Wildman–Crippen MR) is 70.4 cm³/mol. The molecule has 1 aliphatic rings. The topological polar surface area (TPSA) is 0 Å². The molecule has 0 radical (unpaired) electrons. The maximum Gasteiger partial charge on any atom is -0.0222 e. The van der Waals surface area contributed by atoms with Crippen molar-refractivity contribution >= 4 is 0 Å². The van der Waals surface area contributed by atoms with E-state index < -0.39 is 0 Å². The lowest BCUT2D eigenvalue weighted by molar-refractivity contribution is 0.0946. The molecule has 0 aromatic heterocycles. The fraction of sp³-hybridized carbons (Fsp3) is 0.625. The van der Waals surface area contributed by atoms with Gasteiger partial charge in [0.2, 0.25) is 0 Å². The molecule has 1 aromatic carbocycles. The molecule has 0 aliphatic heterocycles. The lowest BCUT2D eigenvalue weighted by Gasteiger charge is -2.43. The van der Waals surface area contributed by atoms with Gasteiger partial charge in [-0.3, -0.25) is 0 Å². The van der Waals surface area contributed by atoms with Gasteiger partial charge in [0, 0.05) is 0 Å². The number of benzene rings is 1. The van der Waals surface area contributed by atoms with E-state index in [0.29, 0.717) is 5.41 Å². The second kappa shape index (κ2) is 4.61. The molecule has 88 valence electrons. The number of hydrogen-bond donors (Lipinski definition) is 0. The summed E-state index contributed by atoms with van der Waals surface area (Å²) in [5.74, 6) is 1.77. The van der Waals surface area contributed by atoms with Crippen LogP contribution in [0.5, 0.6) is 0 Å². The molecule has 2 rings (SSSR count). The van der Waals surface area contributed by atoms with Crippen molar-refractivity contribution in [3.63, 3.8) is 0 Å². The van der Waals surface area contributed by atoms with Crippen LogP contribution in [0.2, 0.25) is 0 Å². The standard InChI is InChI=1S/C16H24/c1-13-9-10-14(2)16(3,11-13)12-15-7-5-4-6-8-15/h4-8,13-14H,9-12H2,1-3H3. The first-order valence-electron chi connectivity index (χ1n) is 6.64. The van der Waals surface area contributed by atoms with Crippen molar-refractivity contribution in [2.24, 2.45) is 17.3 Å². The van der Waals surface area contributed by atoms with Crippen LogP contribution >= 0.6 is 0 Å². The maximum absolute atomic E-state index is 2.49. The zero-order valence-electron chi connectivity index (χ0n) is 10.9. The summed E-state index contributed by atoms with van der Waals surface area (Å²) in [6, 6.07) is 11.0. The molecule has 1 fully saturated rings. The van der Waals surface area contributed by atoms with Crippen molar-refractivity contribution in [2.45, 2.75) is 46.5 Å². The Balaban J connectivity index is 2.12. The lowest BCUT2D eigenvalue weighted by Crippen LogP contribution is -2.34. The van der Waals surface area contributed by atoms with Gasteiger partial charge in [-0.15, -0.1) is 0 Å². The largest absolute Gasteiger partial charge is 0.0625 e. The Morgan fingerprint density at radius 1 is 1.12 bits per heavy atom. The minimum atomic E-state index is 0.513. The minimum absolute atomic E-state index is 0.513. The van der Waals surface area contributed by atoms with Gasteiger partial charge in [0.25, 0.3) is 0 Å². The van der Waals surface area contributed by atoms with Crippen LogP contribution in [0.15, 0.2) is 30.3 Å². The predicted octanol–water partition coefficient (Wildman–Crippen LogP) is 4.69. The van der Waals surface area contributed by atoms with E-state index in [0.717, 1.165) is 11.8 Å². The average molecular weight is 216 g/mol. The summed E-state index contributed by atoms with van der Waals surface area (Å²) in [5, 5.41) is 0. The van der Waals surface area contributed by atoms with E-state index in [4.69, 9.17) is 0 Å². The third-order valence-electron chi connectivity index (χ3n) is 4.55. The molecule has 1 aromatic rings. The molecule has 0 spiro atoms. The normalized spacial score (nSPS) is 34.9. The fourth-order valence-electron chi connectivity index (χ4n) is 3.29. The van der Waals surface area contributed by atoms with Gasteiger partial charge in [0.1, 0.15) is 0 Å². The Hall–Kier alpha value is -0.780. The molecule has 3 unspecified atom stereocenters. The highest BCUT2D eigenvalue weighted by Crippen LogP contribution is 2.45. The molecule has 0 N–H and O–H groups in total. The van der Waals surface area contributed by atoms with Crippen LogP contribution < -0.4 is 0 Å². The molecule has 1 aliphatic carbocycles. The molecular weight excluding hydrogens is 192 g/mol. The van der Waals surface area contributed by atoms with E-state index in [1.165, 1.54) is 31.2 Å². The lowest BCUT2D eigenvalue weighted by atomic mass is 9.62.